The Bertz CT molecular complexity index is 730. The van der Waals surface area contributed by atoms with E-state index in [1.807, 2.05) is 25.4 Å². The number of hydrogen-bond acceptors (Lipinski definition) is 4. The van der Waals surface area contributed by atoms with Gasteiger partial charge in [0.05, 0.1) is 6.61 Å². The molecule has 0 radical (unpaired) electrons. The Hall–Kier alpha value is -2.83. The second-order valence-electron chi connectivity index (χ2n) is 6.65. The van der Waals surface area contributed by atoms with Crippen molar-refractivity contribution in [3.63, 3.8) is 0 Å². The highest BCUT2D eigenvalue weighted by molar-refractivity contribution is 5.80. The zero-order chi connectivity index (χ0) is 19.6. The van der Waals surface area contributed by atoms with E-state index in [1.165, 1.54) is 12.1 Å². The van der Waals surface area contributed by atoms with Crippen LogP contribution in [-0.2, 0) is 0 Å². The highest BCUT2D eigenvalue weighted by Crippen LogP contribution is 2.13. The van der Waals surface area contributed by atoms with Gasteiger partial charge in [0.1, 0.15) is 17.4 Å². The fourth-order valence-electron chi connectivity index (χ4n) is 3.17. The fourth-order valence-corrected chi connectivity index (χ4v) is 3.17. The Morgan fingerprint density at radius 1 is 1.11 bits per heavy atom. The number of halogens is 1. The third kappa shape index (κ3) is 5.84. The van der Waals surface area contributed by atoms with Gasteiger partial charge in [0, 0.05) is 46.0 Å². The van der Waals surface area contributed by atoms with Crippen molar-refractivity contribution in [1.82, 2.24) is 15.2 Å². The number of pyridine rings is 1. The number of anilines is 1. The fraction of sp³-hybridized carbons (Fsp3) is 0.429. The molecular formula is C21H28FN5O. The normalized spacial score (nSPS) is 14.9. The van der Waals surface area contributed by atoms with Crippen molar-refractivity contribution in [3.05, 3.63) is 54.5 Å². The topological polar surface area (TPSA) is 53.0 Å². The molecule has 6 nitrogen and oxygen atoms in total. The summed E-state index contributed by atoms with van der Waals surface area (Å²) in [6.07, 6.45) is 3.74. The Morgan fingerprint density at radius 2 is 1.89 bits per heavy atom. The van der Waals surface area contributed by atoms with Crippen LogP contribution in [0.5, 0.6) is 5.75 Å². The van der Waals surface area contributed by atoms with Crippen molar-refractivity contribution < 1.29 is 9.13 Å². The van der Waals surface area contributed by atoms with Crippen LogP contribution in [0.2, 0.25) is 0 Å². The van der Waals surface area contributed by atoms with Crippen LogP contribution in [0.4, 0.5) is 10.2 Å². The Morgan fingerprint density at radius 3 is 2.57 bits per heavy atom. The molecule has 0 saturated carbocycles. The molecule has 1 fully saturated rings. The molecule has 28 heavy (non-hydrogen) atoms. The first-order valence-electron chi connectivity index (χ1n) is 9.76. The smallest absolute Gasteiger partial charge is 0.193 e. The maximum atomic E-state index is 12.9. The third-order valence-electron chi connectivity index (χ3n) is 4.70. The van der Waals surface area contributed by atoms with Crippen LogP contribution in [0.15, 0.2) is 53.7 Å². The van der Waals surface area contributed by atoms with Gasteiger partial charge in [-0.25, -0.2) is 9.37 Å². The number of aromatic nitrogens is 1. The van der Waals surface area contributed by atoms with Crippen molar-refractivity contribution in [2.45, 2.75) is 12.8 Å². The average molecular weight is 385 g/mol. The Balaban J connectivity index is 1.32. The van der Waals surface area contributed by atoms with Crippen molar-refractivity contribution >= 4 is 11.8 Å². The van der Waals surface area contributed by atoms with Crippen molar-refractivity contribution in [2.24, 2.45) is 4.99 Å². The molecule has 0 unspecified atom stereocenters. The van der Waals surface area contributed by atoms with Crippen LogP contribution in [0.1, 0.15) is 12.8 Å². The van der Waals surface area contributed by atoms with E-state index >= 15 is 0 Å². The number of nitrogens with one attached hydrogen (secondary N) is 1. The summed E-state index contributed by atoms with van der Waals surface area (Å²) >= 11 is 0. The molecule has 2 heterocycles. The van der Waals surface area contributed by atoms with Crippen LogP contribution in [0.3, 0.4) is 0 Å². The maximum Gasteiger partial charge on any atom is 0.193 e. The SMILES string of the molecule is CN=C(NCCCCOc1ccc(F)cc1)N1CCN(c2ccccn2)CC1. The number of guanidine groups is 1. The van der Waals surface area contributed by atoms with Gasteiger partial charge in [-0.3, -0.25) is 4.99 Å². The van der Waals surface area contributed by atoms with Gasteiger partial charge in [0.15, 0.2) is 5.96 Å². The zero-order valence-electron chi connectivity index (χ0n) is 16.4. The van der Waals surface area contributed by atoms with Crippen molar-refractivity contribution in [1.29, 1.82) is 0 Å². The lowest BCUT2D eigenvalue weighted by molar-refractivity contribution is 0.305. The highest BCUT2D eigenvalue weighted by atomic mass is 19.1. The van der Waals surface area contributed by atoms with Gasteiger partial charge in [-0.05, 0) is 49.2 Å². The second-order valence-corrected chi connectivity index (χ2v) is 6.65. The molecule has 3 rings (SSSR count). The zero-order valence-corrected chi connectivity index (χ0v) is 16.4. The lowest BCUT2D eigenvalue weighted by atomic mass is 10.3. The molecule has 1 aromatic heterocycles. The number of unbranched alkanes of at least 4 members (excludes halogenated alkanes) is 1. The third-order valence-corrected chi connectivity index (χ3v) is 4.70. The number of nitrogens with zero attached hydrogens (tertiary/aromatic N) is 4. The number of piperazine rings is 1. The summed E-state index contributed by atoms with van der Waals surface area (Å²) in [6.45, 7) is 5.18. The minimum absolute atomic E-state index is 0.246. The quantitative estimate of drug-likeness (QED) is 0.451. The van der Waals surface area contributed by atoms with E-state index in [4.69, 9.17) is 4.74 Å². The summed E-state index contributed by atoms with van der Waals surface area (Å²) < 4.78 is 18.5. The molecule has 1 saturated heterocycles. The van der Waals surface area contributed by atoms with E-state index < -0.39 is 0 Å². The average Bonchev–Trinajstić information content (AvgIpc) is 2.75. The molecule has 1 aliphatic rings. The molecule has 0 amide bonds. The van der Waals surface area contributed by atoms with Crippen LogP contribution >= 0.6 is 0 Å². The van der Waals surface area contributed by atoms with Gasteiger partial charge in [-0.1, -0.05) is 6.07 Å². The Labute approximate surface area is 166 Å². The van der Waals surface area contributed by atoms with Gasteiger partial charge < -0.3 is 19.9 Å². The molecule has 0 atom stereocenters. The number of ether oxygens (including phenoxy) is 1. The van der Waals surface area contributed by atoms with E-state index in [9.17, 15) is 4.39 Å². The molecule has 1 aliphatic heterocycles. The molecular weight excluding hydrogens is 357 g/mol. The molecule has 150 valence electrons. The number of rotatable bonds is 7. The Kier molecular flexibility index (Phi) is 7.46. The van der Waals surface area contributed by atoms with E-state index in [0.29, 0.717) is 12.4 Å². The minimum atomic E-state index is -0.246. The summed E-state index contributed by atoms with van der Waals surface area (Å²) in [5.74, 6) is 2.44. The van der Waals surface area contributed by atoms with Crippen LogP contribution < -0.4 is 15.0 Å². The molecule has 0 bridgehead atoms. The predicted molar refractivity (Wildman–Crippen MR) is 111 cm³/mol. The predicted octanol–water partition coefficient (Wildman–Crippen LogP) is 2.78. The van der Waals surface area contributed by atoms with E-state index in [1.54, 1.807) is 12.1 Å². The monoisotopic (exact) mass is 385 g/mol. The first kappa shape index (κ1) is 19.9. The van der Waals surface area contributed by atoms with Gasteiger partial charge in [-0.15, -0.1) is 0 Å². The first-order valence-corrected chi connectivity index (χ1v) is 9.76. The molecule has 7 heteroatoms. The molecule has 2 aromatic rings. The lowest BCUT2D eigenvalue weighted by Crippen LogP contribution is -2.52. The molecule has 1 aromatic carbocycles. The highest BCUT2D eigenvalue weighted by Gasteiger charge is 2.20. The van der Waals surface area contributed by atoms with E-state index in [-0.39, 0.29) is 5.82 Å². The number of aliphatic imine (C=N–C) groups is 1. The summed E-state index contributed by atoms with van der Waals surface area (Å²) in [5.41, 5.74) is 0. The largest absolute Gasteiger partial charge is 0.494 e. The summed E-state index contributed by atoms with van der Waals surface area (Å²) in [7, 11) is 1.82. The van der Waals surface area contributed by atoms with Gasteiger partial charge >= 0.3 is 0 Å². The maximum absolute atomic E-state index is 12.9. The standard InChI is InChI=1S/C21H28FN5O/c1-23-21(25-12-4-5-17-28-19-9-7-18(22)8-10-19)27-15-13-26(14-16-27)20-6-2-3-11-24-20/h2-3,6-11H,4-5,12-17H2,1H3,(H,23,25). The molecule has 0 aliphatic carbocycles. The summed E-state index contributed by atoms with van der Waals surface area (Å²) in [4.78, 5) is 13.4. The van der Waals surface area contributed by atoms with Gasteiger partial charge in [0.2, 0.25) is 0 Å². The summed E-state index contributed by atoms with van der Waals surface area (Å²) in [5, 5.41) is 3.44. The lowest BCUT2D eigenvalue weighted by Gasteiger charge is -2.37. The molecule has 0 spiro atoms. The molecule has 1 N–H and O–H groups in total. The summed E-state index contributed by atoms with van der Waals surface area (Å²) in [6, 6.07) is 12.1. The van der Waals surface area contributed by atoms with Crippen molar-refractivity contribution in [3.8, 4) is 5.75 Å². The van der Waals surface area contributed by atoms with Crippen molar-refractivity contribution in [2.75, 3.05) is 51.3 Å². The number of hydrogen-bond donors (Lipinski definition) is 1. The van der Waals surface area contributed by atoms with Crippen LogP contribution in [0, 0.1) is 5.82 Å². The minimum Gasteiger partial charge on any atom is -0.494 e. The van der Waals surface area contributed by atoms with Crippen LogP contribution in [-0.4, -0.2) is 62.2 Å². The van der Waals surface area contributed by atoms with Gasteiger partial charge in [-0.2, -0.15) is 0 Å². The number of benzene rings is 1. The van der Waals surface area contributed by atoms with E-state index in [0.717, 1.165) is 57.3 Å². The van der Waals surface area contributed by atoms with E-state index in [2.05, 4.69) is 31.2 Å². The second kappa shape index (κ2) is 10.5. The first-order chi connectivity index (χ1) is 13.8. The van der Waals surface area contributed by atoms with Crippen LogP contribution in [0.25, 0.3) is 0 Å². The van der Waals surface area contributed by atoms with Gasteiger partial charge in [0.25, 0.3) is 0 Å².